The van der Waals surface area contributed by atoms with Crippen LogP contribution in [0.1, 0.15) is 112 Å². The van der Waals surface area contributed by atoms with Gasteiger partial charge < -0.3 is 4.74 Å². The van der Waals surface area contributed by atoms with Crippen molar-refractivity contribution in [1.29, 1.82) is 0 Å². The lowest BCUT2D eigenvalue weighted by molar-refractivity contribution is 0.0734. The summed E-state index contributed by atoms with van der Waals surface area (Å²) in [5, 5.41) is 0. The van der Waals surface area contributed by atoms with E-state index in [2.05, 4.69) is 45.0 Å². The van der Waals surface area contributed by atoms with Gasteiger partial charge in [-0.1, -0.05) is 83.6 Å². The summed E-state index contributed by atoms with van der Waals surface area (Å²) < 4.78 is 5.60. The highest BCUT2D eigenvalue weighted by Crippen LogP contribution is 2.37. The van der Waals surface area contributed by atoms with Crippen LogP contribution in [0, 0.1) is 11.8 Å². The third kappa shape index (κ3) is 7.50. The lowest BCUT2D eigenvalue weighted by Crippen LogP contribution is -2.14. The number of carbonyl (C=O) groups is 1. The Balaban J connectivity index is 1.46. The second-order valence-corrected chi connectivity index (χ2v) is 9.94. The summed E-state index contributed by atoms with van der Waals surface area (Å²) in [5.41, 5.74) is 3.29. The largest absolute Gasteiger partial charge is 0.423 e. The fraction of sp³-hybridized carbons (Fsp3) is 0.567. The highest BCUT2D eigenvalue weighted by Gasteiger charge is 2.22. The van der Waals surface area contributed by atoms with Crippen molar-refractivity contribution in [3.63, 3.8) is 0 Å². The minimum Gasteiger partial charge on any atom is -0.423 e. The fourth-order valence-corrected chi connectivity index (χ4v) is 4.94. The molecule has 0 N–H and O–H groups in total. The number of esters is 1. The number of benzene rings is 2. The predicted octanol–water partition coefficient (Wildman–Crippen LogP) is 8.74. The highest BCUT2D eigenvalue weighted by molar-refractivity contribution is 5.91. The number of hydrogen-bond acceptors (Lipinski definition) is 2. The zero-order valence-electron chi connectivity index (χ0n) is 20.4. The molecular weight excluding hydrogens is 392 g/mol. The summed E-state index contributed by atoms with van der Waals surface area (Å²) in [6.45, 7) is 6.76. The van der Waals surface area contributed by atoms with Crippen molar-refractivity contribution in [3.8, 4) is 5.75 Å². The molecule has 174 valence electrons. The number of rotatable bonds is 11. The van der Waals surface area contributed by atoms with Gasteiger partial charge in [-0.05, 0) is 85.3 Å². The van der Waals surface area contributed by atoms with Crippen molar-refractivity contribution in [3.05, 3.63) is 65.2 Å². The molecule has 0 heterocycles. The SMILES string of the molecule is CCCCCCC1CCC(c2ccc(C(=O)Oc3ccc(CC(C)CC)cc3)cc2)CC1. The maximum absolute atomic E-state index is 12.6. The smallest absolute Gasteiger partial charge is 0.343 e. The van der Waals surface area contributed by atoms with E-state index >= 15 is 0 Å². The quantitative estimate of drug-likeness (QED) is 0.201. The van der Waals surface area contributed by atoms with Crippen molar-refractivity contribution in [2.24, 2.45) is 11.8 Å². The Bertz CT molecular complexity index is 798. The predicted molar refractivity (Wildman–Crippen MR) is 134 cm³/mol. The van der Waals surface area contributed by atoms with Crippen LogP contribution >= 0.6 is 0 Å². The fourth-order valence-electron chi connectivity index (χ4n) is 4.94. The third-order valence-electron chi connectivity index (χ3n) is 7.35. The van der Waals surface area contributed by atoms with Crippen molar-refractivity contribution < 1.29 is 9.53 Å². The first-order valence-corrected chi connectivity index (χ1v) is 13.0. The molecule has 0 aliphatic heterocycles. The maximum Gasteiger partial charge on any atom is 0.343 e. The second-order valence-electron chi connectivity index (χ2n) is 9.94. The van der Waals surface area contributed by atoms with E-state index < -0.39 is 0 Å². The van der Waals surface area contributed by atoms with Crippen LogP contribution in [0.5, 0.6) is 5.75 Å². The number of hydrogen-bond donors (Lipinski definition) is 0. The molecule has 0 bridgehead atoms. The molecule has 0 spiro atoms. The Morgan fingerprint density at radius 2 is 1.59 bits per heavy atom. The van der Waals surface area contributed by atoms with Crippen LogP contribution in [0.25, 0.3) is 0 Å². The Morgan fingerprint density at radius 3 is 2.22 bits per heavy atom. The molecule has 0 saturated heterocycles. The van der Waals surface area contributed by atoms with Gasteiger partial charge in [-0.2, -0.15) is 0 Å². The van der Waals surface area contributed by atoms with E-state index in [1.807, 2.05) is 24.3 Å². The molecule has 3 rings (SSSR count). The zero-order chi connectivity index (χ0) is 22.8. The van der Waals surface area contributed by atoms with Crippen LogP contribution in [-0.4, -0.2) is 5.97 Å². The molecule has 1 aliphatic carbocycles. The van der Waals surface area contributed by atoms with Crippen LogP contribution in [0.4, 0.5) is 0 Å². The zero-order valence-corrected chi connectivity index (χ0v) is 20.4. The molecule has 1 atom stereocenters. The molecule has 1 fully saturated rings. The van der Waals surface area contributed by atoms with Gasteiger partial charge in [-0.15, -0.1) is 0 Å². The van der Waals surface area contributed by atoms with Crippen LogP contribution in [-0.2, 0) is 6.42 Å². The molecule has 1 unspecified atom stereocenters. The summed E-state index contributed by atoms with van der Waals surface area (Å²) in [4.78, 5) is 12.6. The minimum atomic E-state index is -0.276. The van der Waals surface area contributed by atoms with Crippen molar-refractivity contribution in [2.45, 2.75) is 97.3 Å². The molecule has 0 aromatic heterocycles. The monoisotopic (exact) mass is 434 g/mol. The first-order chi connectivity index (χ1) is 15.6. The Morgan fingerprint density at radius 1 is 0.906 bits per heavy atom. The van der Waals surface area contributed by atoms with Gasteiger partial charge in [0.15, 0.2) is 0 Å². The van der Waals surface area contributed by atoms with Crippen LogP contribution < -0.4 is 4.74 Å². The Kier molecular flexibility index (Phi) is 9.84. The standard InChI is InChI=1S/C30H42O2/c1-4-6-7-8-9-24-10-14-26(15-11-24)27-16-18-28(19-17-27)30(31)32-29-20-12-25(13-21-29)22-23(3)5-2/h12-13,16-21,23-24,26H,4-11,14-15,22H2,1-3H3. The van der Waals surface area contributed by atoms with Gasteiger partial charge in [0.1, 0.15) is 5.75 Å². The van der Waals surface area contributed by atoms with Gasteiger partial charge in [-0.3, -0.25) is 0 Å². The van der Waals surface area contributed by atoms with Crippen molar-refractivity contribution in [1.82, 2.24) is 0 Å². The van der Waals surface area contributed by atoms with E-state index in [9.17, 15) is 4.79 Å². The lowest BCUT2D eigenvalue weighted by atomic mass is 9.77. The maximum atomic E-state index is 12.6. The summed E-state index contributed by atoms with van der Waals surface area (Å²) in [7, 11) is 0. The van der Waals surface area contributed by atoms with E-state index in [4.69, 9.17) is 4.74 Å². The van der Waals surface area contributed by atoms with Crippen molar-refractivity contribution >= 4 is 5.97 Å². The van der Waals surface area contributed by atoms with Gasteiger partial charge in [0, 0.05) is 0 Å². The molecule has 32 heavy (non-hydrogen) atoms. The highest BCUT2D eigenvalue weighted by atomic mass is 16.5. The average Bonchev–Trinajstić information content (AvgIpc) is 2.83. The summed E-state index contributed by atoms with van der Waals surface area (Å²) in [6.07, 6.45) is 14.4. The molecule has 1 aliphatic rings. The van der Waals surface area contributed by atoms with E-state index in [0.29, 0.717) is 23.1 Å². The molecule has 2 aromatic rings. The summed E-state index contributed by atoms with van der Waals surface area (Å²) >= 11 is 0. The van der Waals surface area contributed by atoms with Gasteiger partial charge in [0.05, 0.1) is 5.56 Å². The minimum absolute atomic E-state index is 0.276. The number of unbranched alkanes of at least 4 members (excludes halogenated alkanes) is 3. The topological polar surface area (TPSA) is 26.3 Å². The number of ether oxygens (including phenoxy) is 1. The molecule has 2 aromatic carbocycles. The van der Waals surface area contributed by atoms with Crippen LogP contribution in [0.3, 0.4) is 0 Å². The third-order valence-corrected chi connectivity index (χ3v) is 7.35. The second kappa shape index (κ2) is 12.8. The summed E-state index contributed by atoms with van der Waals surface area (Å²) in [6, 6.07) is 16.1. The van der Waals surface area contributed by atoms with E-state index in [0.717, 1.165) is 12.3 Å². The Hall–Kier alpha value is -2.09. The van der Waals surface area contributed by atoms with Gasteiger partial charge in [-0.25, -0.2) is 4.79 Å². The number of carbonyl (C=O) groups excluding carboxylic acids is 1. The van der Waals surface area contributed by atoms with E-state index in [1.54, 1.807) is 0 Å². The van der Waals surface area contributed by atoms with Crippen LogP contribution in [0.2, 0.25) is 0 Å². The first kappa shape index (κ1) is 24.6. The first-order valence-electron chi connectivity index (χ1n) is 13.0. The van der Waals surface area contributed by atoms with E-state index in [-0.39, 0.29) is 5.97 Å². The molecule has 2 heteroatoms. The normalized spacial score (nSPS) is 19.5. The average molecular weight is 435 g/mol. The Labute approximate surface area is 195 Å². The van der Waals surface area contributed by atoms with Crippen molar-refractivity contribution in [2.75, 3.05) is 0 Å². The van der Waals surface area contributed by atoms with Crippen LogP contribution in [0.15, 0.2) is 48.5 Å². The van der Waals surface area contributed by atoms with Gasteiger partial charge in [0.2, 0.25) is 0 Å². The lowest BCUT2D eigenvalue weighted by Gasteiger charge is -2.29. The summed E-state index contributed by atoms with van der Waals surface area (Å²) in [5.74, 6) is 2.58. The molecule has 0 amide bonds. The van der Waals surface area contributed by atoms with Gasteiger partial charge >= 0.3 is 5.97 Å². The van der Waals surface area contributed by atoms with Gasteiger partial charge in [0.25, 0.3) is 0 Å². The molecule has 2 nitrogen and oxygen atoms in total. The molecule has 1 saturated carbocycles. The molecule has 0 radical (unpaired) electrons. The van der Waals surface area contributed by atoms with E-state index in [1.165, 1.54) is 75.3 Å². The molecular formula is C30H42O2.